The molecular formula is C24H23N5S. The third kappa shape index (κ3) is 3.36. The SMILES string of the molecule is c1ccc(-c2cc3c(N4CCN(C5CC5)CC4)nc(-c4cccnc4)nc3s2)cc1. The Hall–Kier alpha value is -2.83. The number of hydrogen-bond donors (Lipinski definition) is 0. The zero-order valence-electron chi connectivity index (χ0n) is 16.7. The average molecular weight is 414 g/mol. The van der Waals surface area contributed by atoms with Crippen molar-refractivity contribution in [1.29, 1.82) is 0 Å². The van der Waals surface area contributed by atoms with E-state index in [1.165, 1.54) is 23.3 Å². The predicted octanol–water partition coefficient (Wildman–Crippen LogP) is 4.70. The number of anilines is 1. The minimum atomic E-state index is 0.761. The third-order valence-corrected chi connectivity index (χ3v) is 7.11. The van der Waals surface area contributed by atoms with E-state index >= 15 is 0 Å². The van der Waals surface area contributed by atoms with E-state index in [0.717, 1.165) is 59.6 Å². The van der Waals surface area contributed by atoms with Crippen molar-refractivity contribution in [2.45, 2.75) is 18.9 Å². The lowest BCUT2D eigenvalue weighted by atomic mass is 10.1. The lowest BCUT2D eigenvalue weighted by Crippen LogP contribution is -2.47. The van der Waals surface area contributed by atoms with Gasteiger partial charge in [0.1, 0.15) is 10.6 Å². The van der Waals surface area contributed by atoms with Gasteiger partial charge in [0.25, 0.3) is 0 Å². The molecule has 2 fully saturated rings. The summed E-state index contributed by atoms with van der Waals surface area (Å²) in [7, 11) is 0. The first-order chi connectivity index (χ1) is 14.8. The number of benzene rings is 1. The number of aromatic nitrogens is 3. The van der Waals surface area contributed by atoms with Gasteiger partial charge >= 0.3 is 0 Å². The lowest BCUT2D eigenvalue weighted by molar-refractivity contribution is 0.248. The molecule has 1 aromatic carbocycles. The summed E-state index contributed by atoms with van der Waals surface area (Å²) in [5.41, 5.74) is 2.19. The van der Waals surface area contributed by atoms with Gasteiger partial charge in [-0.25, -0.2) is 9.97 Å². The molecule has 0 atom stereocenters. The van der Waals surface area contributed by atoms with E-state index < -0.39 is 0 Å². The molecule has 0 N–H and O–H groups in total. The quantitative estimate of drug-likeness (QED) is 0.485. The Bertz CT molecular complexity index is 1160. The van der Waals surface area contributed by atoms with Crippen LogP contribution in [-0.2, 0) is 0 Å². The van der Waals surface area contributed by atoms with E-state index in [-0.39, 0.29) is 0 Å². The molecule has 0 radical (unpaired) electrons. The van der Waals surface area contributed by atoms with Crippen LogP contribution in [-0.4, -0.2) is 52.1 Å². The van der Waals surface area contributed by atoms with Crippen LogP contribution < -0.4 is 4.90 Å². The van der Waals surface area contributed by atoms with E-state index in [9.17, 15) is 0 Å². The van der Waals surface area contributed by atoms with Gasteiger partial charge in [-0.1, -0.05) is 30.3 Å². The molecule has 3 aromatic heterocycles. The smallest absolute Gasteiger partial charge is 0.164 e. The first-order valence-corrected chi connectivity index (χ1v) is 11.4. The lowest BCUT2D eigenvalue weighted by Gasteiger charge is -2.35. The Balaban J connectivity index is 1.44. The summed E-state index contributed by atoms with van der Waals surface area (Å²) < 4.78 is 0. The number of fused-ring (bicyclic) bond motifs is 1. The van der Waals surface area contributed by atoms with E-state index in [1.54, 1.807) is 17.5 Å². The highest BCUT2D eigenvalue weighted by Crippen LogP contribution is 2.38. The van der Waals surface area contributed by atoms with Gasteiger partial charge in [0.05, 0.1) is 5.39 Å². The molecule has 6 heteroatoms. The zero-order valence-corrected chi connectivity index (χ0v) is 17.6. The fourth-order valence-corrected chi connectivity index (χ4v) is 5.29. The molecule has 150 valence electrons. The van der Waals surface area contributed by atoms with Crippen molar-refractivity contribution in [1.82, 2.24) is 19.9 Å². The molecule has 5 nitrogen and oxygen atoms in total. The maximum absolute atomic E-state index is 5.05. The van der Waals surface area contributed by atoms with Gasteiger partial charge in [-0.2, -0.15) is 0 Å². The monoisotopic (exact) mass is 413 g/mol. The Kier molecular flexibility index (Phi) is 4.47. The topological polar surface area (TPSA) is 45.2 Å². The second kappa shape index (κ2) is 7.45. The summed E-state index contributed by atoms with van der Waals surface area (Å²) in [6, 6.07) is 17.6. The summed E-state index contributed by atoms with van der Waals surface area (Å²) in [5, 5.41) is 1.16. The summed E-state index contributed by atoms with van der Waals surface area (Å²) in [4.78, 5) is 21.6. The Labute approximate surface area is 180 Å². The first kappa shape index (κ1) is 18.0. The molecule has 1 aliphatic carbocycles. The Morgan fingerprint density at radius 3 is 2.40 bits per heavy atom. The van der Waals surface area contributed by atoms with Gasteiger partial charge in [-0.15, -0.1) is 11.3 Å². The molecule has 1 saturated carbocycles. The van der Waals surface area contributed by atoms with Crippen molar-refractivity contribution in [3.05, 3.63) is 60.9 Å². The van der Waals surface area contributed by atoms with Crippen LogP contribution in [0.3, 0.4) is 0 Å². The van der Waals surface area contributed by atoms with Crippen molar-refractivity contribution in [3.63, 3.8) is 0 Å². The zero-order chi connectivity index (χ0) is 19.9. The summed E-state index contributed by atoms with van der Waals surface area (Å²) in [6.45, 7) is 4.28. The standard InChI is InChI=1S/C24H23N5S/c1-2-5-17(6-3-1)21-15-20-23(29-13-11-28(12-14-29)19-8-9-19)26-22(27-24(20)30-21)18-7-4-10-25-16-18/h1-7,10,15-16,19H,8-9,11-14H2. The van der Waals surface area contributed by atoms with Crippen molar-refractivity contribution in [3.8, 4) is 21.8 Å². The van der Waals surface area contributed by atoms with Gasteiger partial charge in [0, 0.05) is 55.1 Å². The van der Waals surface area contributed by atoms with Crippen molar-refractivity contribution < 1.29 is 0 Å². The third-order valence-electron chi connectivity index (χ3n) is 6.03. The minimum Gasteiger partial charge on any atom is -0.353 e. The highest BCUT2D eigenvalue weighted by atomic mass is 32.1. The molecular weight excluding hydrogens is 390 g/mol. The van der Waals surface area contributed by atoms with Gasteiger partial charge < -0.3 is 4.90 Å². The fraction of sp³-hybridized carbons (Fsp3) is 0.292. The van der Waals surface area contributed by atoms with Crippen LogP contribution in [0.2, 0.25) is 0 Å². The molecule has 0 unspecified atom stereocenters. The molecule has 0 bridgehead atoms. The van der Waals surface area contributed by atoms with Gasteiger partial charge in [0.2, 0.25) is 0 Å². The van der Waals surface area contributed by atoms with Crippen molar-refractivity contribution in [2.75, 3.05) is 31.1 Å². The average Bonchev–Trinajstić information content (AvgIpc) is 3.58. The van der Waals surface area contributed by atoms with E-state index in [1.807, 2.05) is 18.3 Å². The number of pyridine rings is 1. The normalized spacial score (nSPS) is 17.5. The van der Waals surface area contributed by atoms with Crippen LogP contribution >= 0.6 is 11.3 Å². The van der Waals surface area contributed by atoms with E-state index in [2.05, 4.69) is 51.2 Å². The van der Waals surface area contributed by atoms with E-state index in [4.69, 9.17) is 9.97 Å². The molecule has 1 aliphatic heterocycles. The van der Waals surface area contributed by atoms with Gasteiger partial charge in [-0.05, 0) is 36.6 Å². The molecule has 1 saturated heterocycles. The predicted molar refractivity (Wildman–Crippen MR) is 123 cm³/mol. The Morgan fingerprint density at radius 1 is 0.867 bits per heavy atom. The van der Waals surface area contributed by atoms with Crippen LogP contribution in [0, 0.1) is 0 Å². The number of hydrogen-bond acceptors (Lipinski definition) is 6. The van der Waals surface area contributed by atoms with Crippen LogP contribution in [0.25, 0.3) is 32.0 Å². The maximum atomic E-state index is 5.05. The highest BCUT2D eigenvalue weighted by molar-refractivity contribution is 7.22. The molecule has 4 aromatic rings. The molecule has 0 amide bonds. The van der Waals surface area contributed by atoms with Crippen molar-refractivity contribution in [2.24, 2.45) is 0 Å². The van der Waals surface area contributed by atoms with Crippen LogP contribution in [0.1, 0.15) is 12.8 Å². The number of thiophene rings is 1. The Morgan fingerprint density at radius 2 is 1.67 bits per heavy atom. The highest BCUT2D eigenvalue weighted by Gasteiger charge is 2.32. The largest absolute Gasteiger partial charge is 0.353 e. The summed E-state index contributed by atoms with van der Waals surface area (Å²) in [6.07, 6.45) is 6.38. The number of rotatable bonds is 4. The first-order valence-electron chi connectivity index (χ1n) is 10.6. The summed E-state index contributed by atoms with van der Waals surface area (Å²) >= 11 is 1.74. The molecule has 30 heavy (non-hydrogen) atoms. The molecule has 2 aliphatic rings. The summed E-state index contributed by atoms with van der Waals surface area (Å²) in [5.74, 6) is 1.82. The van der Waals surface area contributed by atoms with Crippen LogP contribution in [0.4, 0.5) is 5.82 Å². The molecule has 6 rings (SSSR count). The number of piperazine rings is 1. The minimum absolute atomic E-state index is 0.761. The second-order valence-electron chi connectivity index (χ2n) is 8.06. The van der Waals surface area contributed by atoms with Gasteiger partial charge in [-0.3, -0.25) is 9.88 Å². The van der Waals surface area contributed by atoms with Crippen LogP contribution in [0.5, 0.6) is 0 Å². The van der Waals surface area contributed by atoms with Crippen molar-refractivity contribution >= 4 is 27.4 Å². The fourth-order valence-electron chi connectivity index (χ4n) is 4.25. The number of nitrogens with zero attached hydrogens (tertiary/aromatic N) is 5. The molecule has 0 spiro atoms. The maximum Gasteiger partial charge on any atom is 0.164 e. The van der Waals surface area contributed by atoms with E-state index in [0.29, 0.717) is 0 Å². The second-order valence-corrected chi connectivity index (χ2v) is 9.09. The van der Waals surface area contributed by atoms with Crippen LogP contribution in [0.15, 0.2) is 60.9 Å². The van der Waals surface area contributed by atoms with Gasteiger partial charge in [0.15, 0.2) is 5.82 Å². The molecule has 4 heterocycles.